The molecule has 1 saturated heterocycles. The average Bonchev–Trinajstić information content (AvgIpc) is 3.55. The average molecular weight is 585 g/mol. The minimum Gasteiger partial charge on any atom is -0.328 e. The van der Waals surface area contributed by atoms with Gasteiger partial charge in [-0.15, -0.1) is 10.2 Å². The molecule has 0 spiro atoms. The van der Waals surface area contributed by atoms with Crippen LogP contribution in [0.25, 0.3) is 22.6 Å². The Morgan fingerprint density at radius 1 is 0.930 bits per heavy atom. The number of nitrogens with zero attached hydrogens (tertiary/aromatic N) is 6. The third-order valence-electron chi connectivity index (χ3n) is 8.66. The van der Waals surface area contributed by atoms with Gasteiger partial charge in [0, 0.05) is 43.4 Å². The Kier molecular flexibility index (Phi) is 6.96. The third kappa shape index (κ3) is 4.96. The lowest BCUT2D eigenvalue weighted by Crippen LogP contribution is -2.46. The van der Waals surface area contributed by atoms with Gasteiger partial charge in [-0.3, -0.25) is 9.55 Å². The molecule has 5 heterocycles. The minimum atomic E-state index is -0.881. The molecule has 0 saturated carbocycles. The zero-order valence-corrected chi connectivity index (χ0v) is 23.3. The van der Waals surface area contributed by atoms with Gasteiger partial charge in [-0.2, -0.15) is 0 Å². The maximum Gasteiger partial charge on any atom is 0.327 e. The normalized spacial score (nSPS) is 19.3. The minimum absolute atomic E-state index is 0.0502. The summed E-state index contributed by atoms with van der Waals surface area (Å²) in [7, 11) is 0. The molecule has 2 N–H and O–H groups in total. The molecule has 0 aliphatic carbocycles. The van der Waals surface area contributed by atoms with Crippen LogP contribution in [0.4, 0.5) is 13.6 Å². The van der Waals surface area contributed by atoms with Crippen LogP contribution in [-0.4, -0.2) is 53.3 Å². The maximum absolute atomic E-state index is 14.9. The third-order valence-corrected chi connectivity index (χ3v) is 8.66. The molecule has 1 fully saturated rings. The summed E-state index contributed by atoms with van der Waals surface area (Å²) < 4.78 is 32.8. The number of H-pyrrole nitrogens is 1. The van der Waals surface area contributed by atoms with Crippen molar-refractivity contribution in [3.63, 3.8) is 0 Å². The summed E-state index contributed by atoms with van der Waals surface area (Å²) in [6.07, 6.45) is 3.88. The first-order valence-corrected chi connectivity index (χ1v) is 14.5. The number of nitrogens with one attached hydrogen (secondary N) is 2. The summed E-state index contributed by atoms with van der Waals surface area (Å²) in [4.78, 5) is 35.0. The number of amides is 2. The molecule has 2 aromatic carbocycles. The van der Waals surface area contributed by atoms with E-state index in [4.69, 9.17) is 0 Å². The van der Waals surface area contributed by atoms with E-state index in [0.29, 0.717) is 68.2 Å². The van der Waals surface area contributed by atoms with Crippen LogP contribution in [-0.2, 0) is 6.54 Å². The van der Waals surface area contributed by atoms with Gasteiger partial charge in [-0.05, 0) is 49.4 Å². The van der Waals surface area contributed by atoms with E-state index in [2.05, 4.69) is 25.5 Å². The molecule has 2 atom stereocenters. The molecule has 0 bridgehead atoms. The number of halogens is 2. The van der Waals surface area contributed by atoms with Gasteiger partial charge >= 0.3 is 11.7 Å². The number of imidazole rings is 1. The Morgan fingerprint density at radius 2 is 1.74 bits per heavy atom. The van der Waals surface area contributed by atoms with Crippen LogP contribution in [0.15, 0.2) is 71.7 Å². The second kappa shape index (κ2) is 11.1. The zero-order valence-electron chi connectivity index (χ0n) is 23.3. The van der Waals surface area contributed by atoms with Crippen LogP contribution in [0.5, 0.6) is 0 Å². The molecule has 12 heteroatoms. The highest BCUT2D eigenvalue weighted by Crippen LogP contribution is 2.36. The van der Waals surface area contributed by atoms with Crippen molar-refractivity contribution in [1.82, 2.24) is 39.5 Å². The summed E-state index contributed by atoms with van der Waals surface area (Å²) in [5, 5.41) is 12.1. The SMILES string of the molecule is O=C(N[C@@H]1CC[C@@H](c2cccc(F)c2F)Cn2c(-c3ccccc3)nnc21)N1CCC(n2c(=O)[nH]c3ncccc32)CC1. The molecule has 3 aromatic heterocycles. The van der Waals surface area contributed by atoms with E-state index in [9.17, 15) is 18.4 Å². The predicted molar refractivity (Wildman–Crippen MR) is 155 cm³/mol. The molecule has 5 aromatic rings. The fourth-order valence-electron chi connectivity index (χ4n) is 6.48. The first-order chi connectivity index (χ1) is 21.0. The molecular weight excluding hydrogens is 554 g/mol. The molecule has 2 aliphatic rings. The number of aromatic amines is 1. The highest BCUT2D eigenvalue weighted by atomic mass is 19.2. The number of pyridine rings is 1. The van der Waals surface area contributed by atoms with Gasteiger partial charge in [0.15, 0.2) is 28.9 Å². The lowest BCUT2D eigenvalue weighted by molar-refractivity contribution is 0.167. The number of piperidine rings is 1. The van der Waals surface area contributed by atoms with Crippen molar-refractivity contribution in [2.24, 2.45) is 0 Å². The van der Waals surface area contributed by atoms with Crippen LogP contribution in [0.2, 0.25) is 0 Å². The summed E-state index contributed by atoms with van der Waals surface area (Å²) in [6.45, 7) is 1.29. The molecule has 10 nitrogen and oxygen atoms in total. The van der Waals surface area contributed by atoms with Gasteiger partial charge in [0.05, 0.1) is 11.6 Å². The van der Waals surface area contributed by atoms with Crippen molar-refractivity contribution in [3.05, 3.63) is 100 Å². The van der Waals surface area contributed by atoms with Crippen LogP contribution < -0.4 is 11.0 Å². The van der Waals surface area contributed by atoms with Crippen molar-refractivity contribution in [3.8, 4) is 11.4 Å². The second-order valence-electron chi connectivity index (χ2n) is 11.2. The van der Waals surface area contributed by atoms with E-state index in [0.717, 1.165) is 17.1 Å². The molecule has 220 valence electrons. The Hall–Kier alpha value is -4.87. The van der Waals surface area contributed by atoms with Gasteiger partial charge in [-0.1, -0.05) is 42.5 Å². The number of fused-ring (bicyclic) bond motifs is 2. The smallest absolute Gasteiger partial charge is 0.327 e. The van der Waals surface area contributed by atoms with Gasteiger partial charge < -0.3 is 14.8 Å². The Balaban J connectivity index is 1.12. The van der Waals surface area contributed by atoms with Crippen LogP contribution >= 0.6 is 0 Å². The van der Waals surface area contributed by atoms with Crippen molar-refractivity contribution >= 4 is 17.2 Å². The lowest BCUT2D eigenvalue weighted by Gasteiger charge is -2.33. The first kappa shape index (κ1) is 27.0. The fraction of sp³-hybridized carbons (Fsp3) is 0.323. The lowest BCUT2D eigenvalue weighted by atomic mass is 9.93. The largest absolute Gasteiger partial charge is 0.328 e. The number of likely N-dealkylation sites (tertiary alicyclic amines) is 1. The summed E-state index contributed by atoms with van der Waals surface area (Å²) in [5.41, 5.74) is 2.25. The van der Waals surface area contributed by atoms with E-state index in [1.165, 1.54) is 6.07 Å². The maximum atomic E-state index is 14.9. The molecule has 2 aliphatic heterocycles. The monoisotopic (exact) mass is 584 g/mol. The summed E-state index contributed by atoms with van der Waals surface area (Å²) in [6, 6.07) is 16.7. The highest BCUT2D eigenvalue weighted by Gasteiger charge is 2.33. The van der Waals surface area contributed by atoms with Gasteiger partial charge in [-0.25, -0.2) is 23.4 Å². The topological polar surface area (TPSA) is 114 Å². The molecule has 0 unspecified atom stereocenters. The number of aromatic nitrogens is 6. The molecule has 2 amide bonds. The van der Waals surface area contributed by atoms with E-state index >= 15 is 0 Å². The molecule has 43 heavy (non-hydrogen) atoms. The highest BCUT2D eigenvalue weighted by molar-refractivity contribution is 5.75. The van der Waals surface area contributed by atoms with Crippen molar-refractivity contribution < 1.29 is 13.6 Å². The number of urea groups is 1. The van der Waals surface area contributed by atoms with Gasteiger partial charge in [0.25, 0.3) is 0 Å². The van der Waals surface area contributed by atoms with Gasteiger partial charge in [0.1, 0.15) is 0 Å². The molecule has 7 rings (SSSR count). The van der Waals surface area contributed by atoms with Crippen LogP contribution in [0.3, 0.4) is 0 Å². The molecular formula is C31H30F2N8O2. The van der Waals surface area contributed by atoms with Crippen LogP contribution in [0, 0.1) is 11.6 Å². The zero-order chi connectivity index (χ0) is 29.5. The number of hydrogen-bond acceptors (Lipinski definition) is 5. The Bertz CT molecular complexity index is 1840. The first-order valence-electron chi connectivity index (χ1n) is 14.5. The van der Waals surface area contributed by atoms with Crippen molar-refractivity contribution in [2.45, 2.75) is 50.2 Å². The number of benzene rings is 2. The summed E-state index contributed by atoms with van der Waals surface area (Å²) >= 11 is 0. The fourth-order valence-corrected chi connectivity index (χ4v) is 6.48. The number of carbonyl (C=O) groups is 1. The Morgan fingerprint density at radius 3 is 2.56 bits per heavy atom. The van der Waals surface area contributed by atoms with Crippen molar-refractivity contribution in [2.75, 3.05) is 13.1 Å². The quantitative estimate of drug-likeness (QED) is 0.311. The van der Waals surface area contributed by atoms with E-state index in [-0.39, 0.29) is 23.7 Å². The molecule has 0 radical (unpaired) electrons. The van der Waals surface area contributed by atoms with E-state index < -0.39 is 17.7 Å². The Labute approximate surface area is 245 Å². The van der Waals surface area contributed by atoms with E-state index in [1.807, 2.05) is 41.0 Å². The second-order valence-corrected chi connectivity index (χ2v) is 11.2. The predicted octanol–water partition coefficient (Wildman–Crippen LogP) is 4.93. The van der Waals surface area contributed by atoms with E-state index in [1.54, 1.807) is 27.8 Å². The van der Waals surface area contributed by atoms with Crippen molar-refractivity contribution in [1.29, 1.82) is 0 Å². The van der Waals surface area contributed by atoms with Gasteiger partial charge in [0.2, 0.25) is 0 Å². The summed E-state index contributed by atoms with van der Waals surface area (Å²) in [5.74, 6) is -0.876. The van der Waals surface area contributed by atoms with Crippen LogP contribution in [0.1, 0.15) is 55.1 Å². The number of rotatable bonds is 4. The number of hydrogen-bond donors (Lipinski definition) is 2. The standard InChI is InChI=1S/C31H30F2N8O2/c32-23-9-4-8-22(26(23)33)20-11-12-24(29-38-37-28(40(29)18-20)19-6-2-1-3-7-19)35-30(42)39-16-13-21(14-17-39)41-25-10-5-15-34-27(25)36-31(41)43/h1-10,15,20-21,24H,11-14,16-18H2,(H,35,42)(H,34,36,43)/t20-,24-/m1/s1. The number of carbonyl (C=O) groups excluding carboxylic acids is 1.